The number of aromatic nitrogens is 1. The number of thioether (sulfide) groups is 1. The van der Waals surface area contributed by atoms with Crippen LogP contribution in [-0.4, -0.2) is 71.3 Å². The molecule has 1 unspecified atom stereocenters. The third kappa shape index (κ3) is 3.47. The number of aryl methyl sites for hydroxylation is 2. The van der Waals surface area contributed by atoms with Gasteiger partial charge in [-0.15, -0.1) is 0 Å². The lowest BCUT2D eigenvalue weighted by atomic mass is 10.1. The van der Waals surface area contributed by atoms with Crippen molar-refractivity contribution in [1.82, 2.24) is 15.0 Å². The van der Waals surface area contributed by atoms with Crippen LogP contribution in [0.2, 0.25) is 0 Å². The SMILES string of the molecule is Cc1noc(C)c1CN1CCOC(C(=O)N2CCSCC2)C1. The van der Waals surface area contributed by atoms with E-state index < -0.39 is 0 Å². The molecule has 2 saturated heterocycles. The zero-order chi connectivity index (χ0) is 15.5. The van der Waals surface area contributed by atoms with Gasteiger partial charge in [-0.1, -0.05) is 5.16 Å². The molecular weight excluding hydrogens is 302 g/mol. The standard InChI is InChI=1S/C15H23N3O3S/c1-11-13(12(2)21-16-11)9-17-3-6-20-14(10-17)15(19)18-4-7-22-8-5-18/h14H,3-10H2,1-2H3. The molecule has 7 heteroatoms. The Kier molecular flexibility index (Phi) is 5.05. The van der Waals surface area contributed by atoms with Crippen molar-refractivity contribution in [3.8, 4) is 0 Å². The molecule has 122 valence electrons. The minimum Gasteiger partial charge on any atom is -0.366 e. The fourth-order valence-electron chi connectivity index (χ4n) is 2.93. The highest BCUT2D eigenvalue weighted by Gasteiger charge is 2.31. The molecule has 0 aliphatic carbocycles. The Morgan fingerprint density at radius 3 is 2.77 bits per heavy atom. The molecule has 1 aromatic heterocycles. The average Bonchev–Trinajstić information content (AvgIpc) is 2.87. The Labute approximate surface area is 135 Å². The second-order valence-electron chi connectivity index (χ2n) is 5.83. The number of ether oxygens (including phenoxy) is 1. The van der Waals surface area contributed by atoms with Crippen LogP contribution in [0, 0.1) is 13.8 Å². The van der Waals surface area contributed by atoms with Gasteiger partial charge in [-0.2, -0.15) is 11.8 Å². The molecule has 3 heterocycles. The summed E-state index contributed by atoms with van der Waals surface area (Å²) in [6, 6.07) is 0. The molecule has 0 radical (unpaired) electrons. The smallest absolute Gasteiger partial charge is 0.253 e. The number of carbonyl (C=O) groups is 1. The van der Waals surface area contributed by atoms with Crippen LogP contribution in [0.1, 0.15) is 17.0 Å². The van der Waals surface area contributed by atoms with Gasteiger partial charge in [0, 0.05) is 49.8 Å². The van der Waals surface area contributed by atoms with Crippen molar-refractivity contribution >= 4 is 17.7 Å². The van der Waals surface area contributed by atoms with Crippen LogP contribution >= 0.6 is 11.8 Å². The van der Waals surface area contributed by atoms with Gasteiger partial charge >= 0.3 is 0 Å². The van der Waals surface area contributed by atoms with E-state index in [1.165, 1.54) is 0 Å². The van der Waals surface area contributed by atoms with Crippen LogP contribution < -0.4 is 0 Å². The number of nitrogens with zero attached hydrogens (tertiary/aromatic N) is 3. The van der Waals surface area contributed by atoms with Crippen molar-refractivity contribution in [1.29, 1.82) is 0 Å². The summed E-state index contributed by atoms with van der Waals surface area (Å²) in [5.41, 5.74) is 2.06. The lowest BCUT2D eigenvalue weighted by Gasteiger charge is -2.36. The Morgan fingerprint density at radius 1 is 1.32 bits per heavy atom. The van der Waals surface area contributed by atoms with Gasteiger partial charge in [0.2, 0.25) is 0 Å². The molecule has 2 aliphatic rings. The molecule has 2 fully saturated rings. The third-order valence-electron chi connectivity index (χ3n) is 4.31. The highest BCUT2D eigenvalue weighted by molar-refractivity contribution is 7.99. The minimum absolute atomic E-state index is 0.142. The number of rotatable bonds is 3. The molecule has 0 N–H and O–H groups in total. The molecule has 2 aliphatic heterocycles. The topological polar surface area (TPSA) is 58.8 Å². The van der Waals surface area contributed by atoms with Gasteiger partial charge in [-0.3, -0.25) is 9.69 Å². The predicted molar refractivity (Wildman–Crippen MR) is 84.9 cm³/mol. The molecule has 1 atom stereocenters. The number of hydrogen-bond donors (Lipinski definition) is 0. The second kappa shape index (κ2) is 7.02. The fraction of sp³-hybridized carbons (Fsp3) is 0.733. The lowest BCUT2D eigenvalue weighted by Crippen LogP contribution is -2.52. The average molecular weight is 325 g/mol. The zero-order valence-electron chi connectivity index (χ0n) is 13.2. The fourth-order valence-corrected chi connectivity index (χ4v) is 3.84. The first kappa shape index (κ1) is 15.8. The van der Waals surface area contributed by atoms with E-state index in [-0.39, 0.29) is 12.0 Å². The number of carbonyl (C=O) groups excluding carboxylic acids is 1. The molecule has 1 aromatic rings. The third-order valence-corrected chi connectivity index (χ3v) is 5.25. The summed E-state index contributed by atoms with van der Waals surface area (Å²) >= 11 is 1.91. The highest BCUT2D eigenvalue weighted by atomic mass is 32.2. The Balaban J connectivity index is 1.60. The van der Waals surface area contributed by atoms with Crippen LogP contribution in [0.3, 0.4) is 0 Å². The summed E-state index contributed by atoms with van der Waals surface area (Å²) in [6.07, 6.45) is -0.336. The number of morpholine rings is 1. The van der Waals surface area contributed by atoms with Crippen LogP contribution in [0.15, 0.2) is 4.52 Å². The largest absolute Gasteiger partial charge is 0.366 e. The van der Waals surface area contributed by atoms with Gasteiger partial charge in [0.1, 0.15) is 11.9 Å². The van der Waals surface area contributed by atoms with Gasteiger partial charge in [0.25, 0.3) is 5.91 Å². The monoisotopic (exact) mass is 325 g/mol. The summed E-state index contributed by atoms with van der Waals surface area (Å²) in [5, 5.41) is 4.00. The van der Waals surface area contributed by atoms with Gasteiger partial charge in [-0.25, -0.2) is 0 Å². The molecule has 3 rings (SSSR count). The van der Waals surface area contributed by atoms with Gasteiger partial charge < -0.3 is 14.2 Å². The quantitative estimate of drug-likeness (QED) is 0.828. The molecule has 0 bridgehead atoms. The van der Waals surface area contributed by atoms with Gasteiger partial charge in [0.15, 0.2) is 0 Å². The molecule has 0 saturated carbocycles. The maximum absolute atomic E-state index is 12.6. The second-order valence-corrected chi connectivity index (χ2v) is 7.06. The van der Waals surface area contributed by atoms with E-state index in [9.17, 15) is 4.79 Å². The molecule has 0 aromatic carbocycles. The molecule has 0 spiro atoms. The first-order valence-electron chi connectivity index (χ1n) is 7.77. The van der Waals surface area contributed by atoms with E-state index in [1.54, 1.807) is 0 Å². The van der Waals surface area contributed by atoms with Crippen molar-refractivity contribution in [2.24, 2.45) is 0 Å². The van der Waals surface area contributed by atoms with Crippen molar-refractivity contribution in [3.63, 3.8) is 0 Å². The maximum atomic E-state index is 12.6. The predicted octanol–water partition coefficient (Wildman–Crippen LogP) is 1.07. The van der Waals surface area contributed by atoms with Crippen molar-refractivity contribution in [2.45, 2.75) is 26.5 Å². The van der Waals surface area contributed by atoms with Crippen molar-refractivity contribution in [2.75, 3.05) is 44.3 Å². The summed E-state index contributed by atoms with van der Waals surface area (Å²) in [6.45, 7) is 8.42. The Bertz CT molecular complexity index is 509. The minimum atomic E-state index is -0.336. The summed E-state index contributed by atoms with van der Waals surface area (Å²) in [7, 11) is 0. The Morgan fingerprint density at radius 2 is 2.09 bits per heavy atom. The highest BCUT2D eigenvalue weighted by Crippen LogP contribution is 2.18. The van der Waals surface area contributed by atoms with E-state index in [4.69, 9.17) is 9.26 Å². The Hall–Kier alpha value is -1.05. The van der Waals surface area contributed by atoms with Gasteiger partial charge in [-0.05, 0) is 13.8 Å². The van der Waals surface area contributed by atoms with E-state index in [2.05, 4.69) is 10.1 Å². The maximum Gasteiger partial charge on any atom is 0.253 e. The van der Waals surface area contributed by atoms with Crippen LogP contribution in [0.4, 0.5) is 0 Å². The first-order valence-corrected chi connectivity index (χ1v) is 8.93. The van der Waals surface area contributed by atoms with E-state index in [0.717, 1.165) is 54.7 Å². The molecule has 6 nitrogen and oxygen atoms in total. The van der Waals surface area contributed by atoms with E-state index in [1.807, 2.05) is 30.5 Å². The molecule has 1 amide bonds. The molecule has 22 heavy (non-hydrogen) atoms. The number of hydrogen-bond acceptors (Lipinski definition) is 6. The van der Waals surface area contributed by atoms with E-state index in [0.29, 0.717) is 13.2 Å². The van der Waals surface area contributed by atoms with Gasteiger partial charge in [0.05, 0.1) is 12.3 Å². The normalized spacial score (nSPS) is 23.7. The first-order chi connectivity index (χ1) is 10.6. The number of amides is 1. The summed E-state index contributed by atoms with van der Waals surface area (Å²) in [5.74, 6) is 3.06. The van der Waals surface area contributed by atoms with Crippen molar-refractivity contribution < 1.29 is 14.1 Å². The zero-order valence-corrected chi connectivity index (χ0v) is 14.0. The van der Waals surface area contributed by atoms with Crippen LogP contribution in [-0.2, 0) is 16.1 Å². The van der Waals surface area contributed by atoms with Crippen LogP contribution in [0.5, 0.6) is 0 Å². The summed E-state index contributed by atoms with van der Waals surface area (Å²) < 4.78 is 10.9. The van der Waals surface area contributed by atoms with Crippen LogP contribution in [0.25, 0.3) is 0 Å². The van der Waals surface area contributed by atoms with Crippen molar-refractivity contribution in [3.05, 3.63) is 17.0 Å². The molecular formula is C15H23N3O3S. The lowest BCUT2D eigenvalue weighted by molar-refractivity contribution is -0.149. The summed E-state index contributed by atoms with van der Waals surface area (Å²) in [4.78, 5) is 16.8. The van der Waals surface area contributed by atoms with E-state index >= 15 is 0 Å².